The molecule has 0 bridgehead atoms. The van der Waals surface area contributed by atoms with Crippen LogP contribution >= 0.6 is 11.8 Å². The summed E-state index contributed by atoms with van der Waals surface area (Å²) < 4.78 is 12.5. The zero-order valence-electron chi connectivity index (χ0n) is 19.7. The first-order valence-corrected chi connectivity index (χ1v) is 11.9. The molecule has 0 saturated heterocycles. The predicted octanol–water partition coefficient (Wildman–Crippen LogP) is 2.73. The molecule has 0 unspecified atom stereocenters. The van der Waals surface area contributed by atoms with E-state index in [2.05, 4.69) is 16.4 Å². The van der Waals surface area contributed by atoms with Crippen LogP contribution in [-0.2, 0) is 22.4 Å². The number of anilines is 1. The van der Waals surface area contributed by atoms with Crippen LogP contribution in [0.15, 0.2) is 52.4 Å². The fourth-order valence-electron chi connectivity index (χ4n) is 4.07. The Morgan fingerprint density at radius 1 is 1.23 bits per heavy atom. The fourth-order valence-corrected chi connectivity index (χ4v) is 4.98. The first-order chi connectivity index (χ1) is 16.8. The Balaban J connectivity index is 1.68. The van der Waals surface area contributed by atoms with E-state index in [1.54, 1.807) is 29.8 Å². The molecule has 35 heavy (non-hydrogen) atoms. The van der Waals surface area contributed by atoms with Gasteiger partial charge in [0.1, 0.15) is 5.82 Å². The summed E-state index contributed by atoms with van der Waals surface area (Å²) in [6.45, 7) is 1.74. The predicted molar refractivity (Wildman–Crippen MR) is 133 cm³/mol. The zero-order chi connectivity index (χ0) is 25.1. The minimum absolute atomic E-state index is 0.0876. The normalized spacial score (nSPS) is 14.7. The van der Waals surface area contributed by atoms with E-state index in [4.69, 9.17) is 15.2 Å². The molecule has 182 valence electrons. The molecule has 10 heteroatoms. The molecule has 0 spiro atoms. The highest BCUT2D eigenvalue weighted by Crippen LogP contribution is 2.39. The van der Waals surface area contributed by atoms with Crippen molar-refractivity contribution in [1.82, 2.24) is 9.55 Å². The first kappa shape index (κ1) is 24.3. The van der Waals surface area contributed by atoms with Gasteiger partial charge in [-0.2, -0.15) is 4.98 Å². The maximum atomic E-state index is 13.2. The van der Waals surface area contributed by atoms with Crippen molar-refractivity contribution in [3.05, 3.63) is 75.1 Å². The highest BCUT2D eigenvalue weighted by atomic mass is 32.2. The number of amides is 2. The third-order valence-corrected chi connectivity index (χ3v) is 6.81. The van der Waals surface area contributed by atoms with Crippen molar-refractivity contribution >= 4 is 29.4 Å². The van der Waals surface area contributed by atoms with E-state index in [-0.39, 0.29) is 24.5 Å². The lowest BCUT2D eigenvalue weighted by atomic mass is 9.86. The van der Waals surface area contributed by atoms with E-state index >= 15 is 0 Å². The largest absolute Gasteiger partial charge is 0.493 e. The Morgan fingerprint density at radius 2 is 2.03 bits per heavy atom. The summed E-state index contributed by atoms with van der Waals surface area (Å²) in [6, 6.07) is 13.2. The van der Waals surface area contributed by atoms with Gasteiger partial charge >= 0.3 is 0 Å². The van der Waals surface area contributed by atoms with Crippen LogP contribution in [0.4, 0.5) is 5.82 Å². The molecule has 1 atom stereocenters. The standard InChI is InChI=1S/C25H26N4O5S/c1-14-5-4-6-15(9-14)13-35-25-28-24(32)22-17(11-21(31)27-23(22)29(25)2)16-7-8-18(19(10-16)33-3)34-12-20(26)30/h4-10,17H,11-13H2,1-3H3,(H2,26,30)(H,27,31)/t17-/m0/s1. The molecular formula is C25H26N4O5S. The molecule has 2 heterocycles. The Hall–Kier alpha value is -3.79. The van der Waals surface area contributed by atoms with Crippen molar-refractivity contribution < 1.29 is 19.1 Å². The van der Waals surface area contributed by atoms with Gasteiger partial charge < -0.3 is 25.1 Å². The number of primary amides is 1. The Kier molecular flexibility index (Phi) is 7.11. The molecule has 0 aliphatic carbocycles. The molecule has 3 N–H and O–H groups in total. The van der Waals surface area contributed by atoms with Gasteiger partial charge in [0.15, 0.2) is 23.3 Å². The van der Waals surface area contributed by atoms with Gasteiger partial charge in [-0.25, -0.2) is 0 Å². The van der Waals surface area contributed by atoms with Gasteiger partial charge in [0.05, 0.1) is 12.7 Å². The van der Waals surface area contributed by atoms with E-state index in [0.717, 1.165) is 11.1 Å². The van der Waals surface area contributed by atoms with Gasteiger partial charge in [0.2, 0.25) is 5.91 Å². The number of fused-ring (bicyclic) bond motifs is 1. The summed E-state index contributed by atoms with van der Waals surface area (Å²) in [5.41, 5.74) is 8.16. The number of carbonyl (C=O) groups is 2. The average molecular weight is 495 g/mol. The lowest BCUT2D eigenvalue weighted by Gasteiger charge is -2.28. The van der Waals surface area contributed by atoms with Crippen LogP contribution in [0.2, 0.25) is 0 Å². The van der Waals surface area contributed by atoms with Crippen molar-refractivity contribution in [3.8, 4) is 11.5 Å². The van der Waals surface area contributed by atoms with Crippen LogP contribution in [0.1, 0.15) is 34.6 Å². The minimum atomic E-state index is -0.611. The third kappa shape index (κ3) is 5.32. The van der Waals surface area contributed by atoms with Crippen LogP contribution in [-0.4, -0.2) is 35.1 Å². The number of methoxy groups -OCH3 is 1. The second kappa shape index (κ2) is 10.2. The van der Waals surface area contributed by atoms with E-state index < -0.39 is 11.8 Å². The summed E-state index contributed by atoms with van der Waals surface area (Å²) in [6.07, 6.45) is 0.0876. The summed E-state index contributed by atoms with van der Waals surface area (Å²) in [7, 11) is 3.25. The van der Waals surface area contributed by atoms with Gasteiger partial charge in [0.25, 0.3) is 11.5 Å². The van der Waals surface area contributed by atoms with Gasteiger partial charge in [-0.3, -0.25) is 14.4 Å². The number of hydrogen-bond acceptors (Lipinski definition) is 7. The van der Waals surface area contributed by atoms with Crippen molar-refractivity contribution in [2.75, 3.05) is 19.0 Å². The molecule has 0 radical (unpaired) electrons. The first-order valence-electron chi connectivity index (χ1n) is 10.9. The number of thioether (sulfide) groups is 1. The smallest absolute Gasteiger partial charge is 0.279 e. The van der Waals surface area contributed by atoms with E-state index in [0.29, 0.717) is 39.4 Å². The highest BCUT2D eigenvalue weighted by molar-refractivity contribution is 7.98. The molecule has 1 aromatic heterocycles. The summed E-state index contributed by atoms with van der Waals surface area (Å²) >= 11 is 1.44. The molecule has 9 nitrogen and oxygen atoms in total. The summed E-state index contributed by atoms with van der Waals surface area (Å²) in [5.74, 6) is 0.454. The van der Waals surface area contributed by atoms with Gasteiger partial charge in [-0.15, -0.1) is 0 Å². The van der Waals surface area contributed by atoms with Crippen molar-refractivity contribution in [1.29, 1.82) is 0 Å². The maximum absolute atomic E-state index is 13.2. The Labute approximate surface area is 206 Å². The fraction of sp³-hybridized carbons (Fsp3) is 0.280. The van der Waals surface area contributed by atoms with E-state index in [9.17, 15) is 14.4 Å². The molecule has 0 fully saturated rings. The molecule has 2 amide bonds. The monoisotopic (exact) mass is 494 g/mol. The number of carbonyl (C=O) groups excluding carboxylic acids is 2. The number of hydrogen-bond donors (Lipinski definition) is 2. The second-order valence-electron chi connectivity index (χ2n) is 8.27. The van der Waals surface area contributed by atoms with E-state index in [1.807, 2.05) is 25.1 Å². The van der Waals surface area contributed by atoms with Crippen molar-refractivity contribution in [2.45, 2.75) is 30.2 Å². The Bertz CT molecular complexity index is 1350. The van der Waals surface area contributed by atoms with Crippen molar-refractivity contribution in [3.63, 3.8) is 0 Å². The summed E-state index contributed by atoms with van der Waals surface area (Å²) in [5, 5.41) is 3.37. The number of ether oxygens (including phenoxy) is 2. The second-order valence-corrected chi connectivity index (χ2v) is 9.21. The molecule has 1 aliphatic rings. The lowest BCUT2D eigenvalue weighted by molar-refractivity contribution is -0.120. The summed E-state index contributed by atoms with van der Waals surface area (Å²) in [4.78, 5) is 41.2. The zero-order valence-corrected chi connectivity index (χ0v) is 20.5. The molecular weight excluding hydrogens is 468 g/mol. The van der Waals surface area contributed by atoms with Crippen LogP contribution in [0, 0.1) is 6.92 Å². The molecule has 3 aromatic rings. The lowest BCUT2D eigenvalue weighted by Crippen LogP contribution is -2.33. The average Bonchev–Trinajstić information content (AvgIpc) is 2.83. The Morgan fingerprint density at radius 3 is 2.74 bits per heavy atom. The molecule has 2 aromatic carbocycles. The quantitative estimate of drug-likeness (QED) is 0.364. The number of rotatable bonds is 8. The number of nitrogens with zero attached hydrogens (tertiary/aromatic N) is 2. The van der Waals surface area contributed by atoms with Crippen LogP contribution in [0.5, 0.6) is 11.5 Å². The van der Waals surface area contributed by atoms with Gasteiger partial charge in [-0.05, 0) is 30.2 Å². The van der Waals surface area contributed by atoms with E-state index in [1.165, 1.54) is 18.9 Å². The molecule has 1 aliphatic heterocycles. The SMILES string of the molecule is COc1cc([C@@H]2CC(=O)Nc3c2c(=O)nc(SCc2cccc(C)c2)n3C)ccc1OCC(N)=O. The van der Waals surface area contributed by atoms with Crippen LogP contribution in [0.25, 0.3) is 0 Å². The molecule has 0 saturated carbocycles. The van der Waals surface area contributed by atoms with Crippen LogP contribution < -0.4 is 26.1 Å². The maximum Gasteiger partial charge on any atom is 0.279 e. The van der Waals surface area contributed by atoms with Crippen molar-refractivity contribution in [2.24, 2.45) is 12.8 Å². The minimum Gasteiger partial charge on any atom is -0.493 e. The third-order valence-electron chi connectivity index (χ3n) is 5.71. The highest BCUT2D eigenvalue weighted by Gasteiger charge is 2.32. The number of aryl methyl sites for hydroxylation is 1. The molecule has 4 rings (SSSR count). The topological polar surface area (TPSA) is 126 Å². The van der Waals surface area contributed by atoms with Crippen LogP contribution in [0.3, 0.4) is 0 Å². The van der Waals surface area contributed by atoms with Gasteiger partial charge in [0, 0.05) is 25.1 Å². The number of nitrogens with two attached hydrogens (primary N) is 1. The number of nitrogens with one attached hydrogen (secondary N) is 1. The number of aromatic nitrogens is 2. The van der Waals surface area contributed by atoms with Gasteiger partial charge in [-0.1, -0.05) is 47.7 Å². The number of benzene rings is 2.